The average Bonchev–Trinajstić information content (AvgIpc) is 2.63. The van der Waals surface area contributed by atoms with Crippen molar-refractivity contribution in [2.45, 2.75) is 13.3 Å². The lowest BCUT2D eigenvalue weighted by atomic mass is 10.1. The number of halogens is 1. The number of hydrogen-bond acceptors (Lipinski definition) is 5. The first-order chi connectivity index (χ1) is 13.0. The SMILES string of the molecule is COc1ccc(C)cc1Nc1ccc(NC(=O)Cc2cccc(F)c2)nn1. The molecule has 0 saturated heterocycles. The zero-order valence-electron chi connectivity index (χ0n) is 15.0. The molecule has 0 aliphatic carbocycles. The highest BCUT2D eigenvalue weighted by molar-refractivity contribution is 5.91. The van der Waals surface area contributed by atoms with Gasteiger partial charge in [-0.25, -0.2) is 4.39 Å². The molecule has 7 heteroatoms. The molecule has 0 bridgehead atoms. The first kappa shape index (κ1) is 18.3. The Labute approximate surface area is 156 Å². The van der Waals surface area contributed by atoms with E-state index in [1.165, 1.54) is 12.1 Å². The number of rotatable bonds is 6. The van der Waals surface area contributed by atoms with Gasteiger partial charge in [0.1, 0.15) is 11.6 Å². The van der Waals surface area contributed by atoms with Gasteiger partial charge < -0.3 is 15.4 Å². The molecule has 3 aromatic rings. The Morgan fingerprint density at radius 2 is 1.85 bits per heavy atom. The van der Waals surface area contributed by atoms with Gasteiger partial charge in [0, 0.05) is 0 Å². The molecule has 0 unspecified atom stereocenters. The number of hydrogen-bond donors (Lipinski definition) is 2. The van der Waals surface area contributed by atoms with Gasteiger partial charge in [0.15, 0.2) is 11.6 Å². The fourth-order valence-electron chi connectivity index (χ4n) is 2.54. The van der Waals surface area contributed by atoms with Crippen LogP contribution in [-0.4, -0.2) is 23.2 Å². The molecule has 0 atom stereocenters. The van der Waals surface area contributed by atoms with Crippen molar-refractivity contribution in [3.8, 4) is 5.75 Å². The molecular formula is C20H19FN4O2. The molecule has 0 aliphatic heterocycles. The summed E-state index contributed by atoms with van der Waals surface area (Å²) in [5.74, 6) is 0.855. The van der Waals surface area contributed by atoms with Crippen LogP contribution in [0.4, 0.5) is 21.7 Å². The molecule has 6 nitrogen and oxygen atoms in total. The Morgan fingerprint density at radius 1 is 1.07 bits per heavy atom. The van der Waals surface area contributed by atoms with Gasteiger partial charge in [0.25, 0.3) is 0 Å². The first-order valence-electron chi connectivity index (χ1n) is 8.33. The molecule has 2 N–H and O–H groups in total. The second-order valence-corrected chi connectivity index (χ2v) is 5.99. The third-order valence-electron chi connectivity index (χ3n) is 3.80. The maximum Gasteiger partial charge on any atom is 0.229 e. The van der Waals surface area contributed by atoms with Crippen molar-refractivity contribution in [2.24, 2.45) is 0 Å². The highest BCUT2D eigenvalue weighted by Crippen LogP contribution is 2.27. The van der Waals surface area contributed by atoms with Crippen molar-refractivity contribution in [2.75, 3.05) is 17.7 Å². The second kappa shape index (κ2) is 8.27. The summed E-state index contributed by atoms with van der Waals surface area (Å²) >= 11 is 0. The third kappa shape index (κ3) is 5.01. The Balaban J connectivity index is 1.63. The van der Waals surface area contributed by atoms with E-state index >= 15 is 0 Å². The number of methoxy groups -OCH3 is 1. The average molecular weight is 366 g/mol. The fraction of sp³-hybridized carbons (Fsp3) is 0.150. The molecule has 2 aromatic carbocycles. The number of aryl methyl sites for hydroxylation is 1. The number of amides is 1. The molecule has 0 radical (unpaired) electrons. The Morgan fingerprint density at radius 3 is 2.56 bits per heavy atom. The molecule has 0 spiro atoms. The third-order valence-corrected chi connectivity index (χ3v) is 3.80. The maximum atomic E-state index is 13.2. The van der Waals surface area contributed by atoms with Crippen LogP contribution in [0.2, 0.25) is 0 Å². The van der Waals surface area contributed by atoms with Crippen LogP contribution in [0.25, 0.3) is 0 Å². The molecule has 1 heterocycles. The summed E-state index contributed by atoms with van der Waals surface area (Å²) in [6.45, 7) is 1.98. The van der Waals surface area contributed by atoms with Gasteiger partial charge >= 0.3 is 0 Å². The van der Waals surface area contributed by atoms with E-state index in [-0.39, 0.29) is 18.1 Å². The van der Waals surface area contributed by atoms with Gasteiger partial charge in [-0.3, -0.25) is 4.79 Å². The van der Waals surface area contributed by atoms with Crippen LogP contribution >= 0.6 is 0 Å². The van der Waals surface area contributed by atoms with Crippen molar-refractivity contribution in [3.63, 3.8) is 0 Å². The van der Waals surface area contributed by atoms with Gasteiger partial charge in [-0.2, -0.15) is 0 Å². The lowest BCUT2D eigenvalue weighted by Crippen LogP contribution is -2.15. The van der Waals surface area contributed by atoms with Crippen LogP contribution in [-0.2, 0) is 11.2 Å². The Hall–Kier alpha value is -3.48. The van der Waals surface area contributed by atoms with Crippen LogP contribution in [0.15, 0.2) is 54.6 Å². The molecule has 0 saturated carbocycles. The van der Waals surface area contributed by atoms with Crippen molar-refractivity contribution in [3.05, 3.63) is 71.5 Å². The fourth-order valence-corrected chi connectivity index (χ4v) is 2.54. The number of anilines is 3. The molecule has 138 valence electrons. The molecular weight excluding hydrogens is 347 g/mol. The summed E-state index contributed by atoms with van der Waals surface area (Å²) < 4.78 is 18.5. The van der Waals surface area contributed by atoms with Crippen molar-refractivity contribution >= 4 is 23.2 Å². The predicted molar refractivity (Wildman–Crippen MR) is 102 cm³/mol. The summed E-state index contributed by atoms with van der Waals surface area (Å²) in [5.41, 5.74) is 2.44. The Kier molecular flexibility index (Phi) is 5.61. The van der Waals surface area contributed by atoms with Crippen LogP contribution in [0.5, 0.6) is 5.75 Å². The highest BCUT2D eigenvalue weighted by Gasteiger charge is 2.08. The van der Waals surface area contributed by atoms with E-state index in [1.807, 2.05) is 25.1 Å². The lowest BCUT2D eigenvalue weighted by Gasteiger charge is -2.11. The van der Waals surface area contributed by atoms with E-state index in [4.69, 9.17) is 4.74 Å². The lowest BCUT2D eigenvalue weighted by molar-refractivity contribution is -0.115. The number of benzene rings is 2. The zero-order valence-corrected chi connectivity index (χ0v) is 15.0. The molecule has 1 amide bonds. The first-order valence-corrected chi connectivity index (χ1v) is 8.33. The summed E-state index contributed by atoms with van der Waals surface area (Å²) in [6, 6.07) is 15.0. The van der Waals surface area contributed by atoms with Crippen LogP contribution in [0.1, 0.15) is 11.1 Å². The van der Waals surface area contributed by atoms with Gasteiger partial charge in [0.05, 0.1) is 19.2 Å². The smallest absolute Gasteiger partial charge is 0.229 e. The van der Waals surface area contributed by atoms with Gasteiger partial charge in [-0.15, -0.1) is 10.2 Å². The topological polar surface area (TPSA) is 76.1 Å². The number of aromatic nitrogens is 2. The summed E-state index contributed by atoms with van der Waals surface area (Å²) in [6.07, 6.45) is 0.0555. The summed E-state index contributed by atoms with van der Waals surface area (Å²) in [4.78, 5) is 12.1. The van der Waals surface area contributed by atoms with E-state index in [2.05, 4.69) is 20.8 Å². The molecule has 27 heavy (non-hydrogen) atoms. The standard InChI is InChI=1S/C20H19FN4O2/c1-13-6-7-17(27-2)16(10-13)22-18-8-9-19(25-24-18)23-20(26)12-14-4-3-5-15(21)11-14/h3-11H,12H2,1-2H3,(H,22,24)(H,23,25,26). The number of carbonyl (C=O) groups is 1. The van der Waals surface area contributed by atoms with Crippen LogP contribution in [0.3, 0.4) is 0 Å². The normalized spacial score (nSPS) is 10.3. The van der Waals surface area contributed by atoms with Gasteiger partial charge in [0.2, 0.25) is 5.91 Å². The van der Waals surface area contributed by atoms with Gasteiger partial charge in [-0.05, 0) is 54.4 Å². The second-order valence-electron chi connectivity index (χ2n) is 5.99. The minimum atomic E-state index is -0.373. The molecule has 1 aromatic heterocycles. The van der Waals surface area contributed by atoms with E-state index in [1.54, 1.807) is 31.4 Å². The summed E-state index contributed by atoms with van der Waals surface area (Å²) in [5, 5.41) is 13.8. The highest BCUT2D eigenvalue weighted by atomic mass is 19.1. The zero-order chi connectivity index (χ0) is 19.2. The van der Waals surface area contributed by atoms with E-state index in [0.29, 0.717) is 22.9 Å². The largest absolute Gasteiger partial charge is 0.495 e. The van der Waals surface area contributed by atoms with E-state index in [0.717, 1.165) is 11.3 Å². The maximum absolute atomic E-state index is 13.2. The van der Waals surface area contributed by atoms with Gasteiger partial charge in [-0.1, -0.05) is 18.2 Å². The minimum Gasteiger partial charge on any atom is -0.495 e. The quantitative estimate of drug-likeness (QED) is 0.693. The van der Waals surface area contributed by atoms with Crippen LogP contribution in [0, 0.1) is 12.7 Å². The Bertz CT molecular complexity index is 945. The number of carbonyl (C=O) groups excluding carboxylic acids is 1. The number of ether oxygens (including phenoxy) is 1. The molecule has 0 aliphatic rings. The molecule has 0 fully saturated rings. The minimum absolute atomic E-state index is 0.0555. The van der Waals surface area contributed by atoms with E-state index < -0.39 is 0 Å². The van der Waals surface area contributed by atoms with Crippen molar-refractivity contribution in [1.82, 2.24) is 10.2 Å². The molecule has 3 rings (SSSR count). The van der Waals surface area contributed by atoms with Crippen molar-refractivity contribution in [1.29, 1.82) is 0 Å². The predicted octanol–water partition coefficient (Wildman–Crippen LogP) is 3.86. The monoisotopic (exact) mass is 366 g/mol. The number of nitrogens with one attached hydrogen (secondary N) is 2. The summed E-state index contributed by atoms with van der Waals surface area (Å²) in [7, 11) is 1.60. The van der Waals surface area contributed by atoms with E-state index in [9.17, 15) is 9.18 Å². The number of nitrogens with zero attached hydrogens (tertiary/aromatic N) is 2. The van der Waals surface area contributed by atoms with Crippen molar-refractivity contribution < 1.29 is 13.9 Å². The van der Waals surface area contributed by atoms with Crippen LogP contribution < -0.4 is 15.4 Å².